The quantitative estimate of drug-likeness (QED) is 0.152. The SMILES string of the molecule is c1ccc(-c2ccc(-c3cc(-c4ccc(-c5nc6ccccc6c6c5ccn5c(-c7ccccc7)c(-c7ccccc7)nc65)cc4)nc(-c4ccccc4)n3)cc2)cc1. The van der Waals surface area contributed by atoms with E-state index in [0.717, 1.165) is 89.2 Å². The lowest BCUT2D eigenvalue weighted by Crippen LogP contribution is -1.96. The molecule has 4 heterocycles. The summed E-state index contributed by atoms with van der Waals surface area (Å²) in [6.45, 7) is 0. The van der Waals surface area contributed by atoms with Crippen molar-refractivity contribution in [2.75, 3.05) is 0 Å². The maximum absolute atomic E-state index is 5.43. The Labute approximate surface area is 341 Å². The van der Waals surface area contributed by atoms with Crippen LogP contribution in [0.15, 0.2) is 212 Å². The number of hydrogen-bond acceptors (Lipinski definition) is 4. The number of pyridine rings is 2. The van der Waals surface area contributed by atoms with Crippen molar-refractivity contribution in [1.29, 1.82) is 0 Å². The average Bonchev–Trinajstić information content (AvgIpc) is 3.72. The molecular weight excluding hydrogens is 719 g/mol. The van der Waals surface area contributed by atoms with E-state index in [0.29, 0.717) is 5.82 Å². The third-order valence-corrected chi connectivity index (χ3v) is 11.0. The Morgan fingerprint density at radius 3 is 1.42 bits per heavy atom. The zero-order chi connectivity index (χ0) is 39.1. The Bertz CT molecular complexity index is 3270. The first-order chi connectivity index (χ1) is 29.2. The highest BCUT2D eigenvalue weighted by molar-refractivity contribution is 6.17. The topological polar surface area (TPSA) is 56.0 Å². The van der Waals surface area contributed by atoms with E-state index < -0.39 is 0 Å². The number of fused-ring (bicyclic) bond motifs is 5. The van der Waals surface area contributed by atoms with Gasteiger partial charge in [0.05, 0.1) is 34.0 Å². The smallest absolute Gasteiger partial charge is 0.160 e. The van der Waals surface area contributed by atoms with E-state index >= 15 is 0 Å². The van der Waals surface area contributed by atoms with E-state index in [1.165, 1.54) is 11.1 Å². The molecule has 5 nitrogen and oxygen atoms in total. The number of benzene rings is 7. The molecule has 0 aliphatic heterocycles. The van der Waals surface area contributed by atoms with Crippen LogP contribution < -0.4 is 0 Å². The van der Waals surface area contributed by atoms with Gasteiger partial charge in [-0.3, -0.25) is 4.40 Å². The molecule has 276 valence electrons. The molecule has 11 aromatic rings. The van der Waals surface area contributed by atoms with Gasteiger partial charge in [-0.1, -0.05) is 188 Å². The second kappa shape index (κ2) is 14.5. The van der Waals surface area contributed by atoms with Crippen LogP contribution in [0.25, 0.3) is 106 Å². The summed E-state index contributed by atoms with van der Waals surface area (Å²) in [6, 6.07) is 71.5. The molecule has 0 spiro atoms. The summed E-state index contributed by atoms with van der Waals surface area (Å²) in [5, 5.41) is 3.18. The Kier molecular flexibility index (Phi) is 8.41. The van der Waals surface area contributed by atoms with E-state index in [2.05, 4.69) is 187 Å². The molecule has 11 rings (SSSR count). The molecule has 0 saturated carbocycles. The first-order valence-corrected chi connectivity index (χ1v) is 19.8. The first-order valence-electron chi connectivity index (χ1n) is 19.8. The maximum Gasteiger partial charge on any atom is 0.160 e. The summed E-state index contributed by atoms with van der Waals surface area (Å²) in [5.41, 5.74) is 15.0. The fourth-order valence-corrected chi connectivity index (χ4v) is 8.14. The van der Waals surface area contributed by atoms with Gasteiger partial charge in [-0.2, -0.15) is 0 Å². The van der Waals surface area contributed by atoms with Crippen LogP contribution in [0, 0.1) is 0 Å². The van der Waals surface area contributed by atoms with Crippen LogP contribution in [0.5, 0.6) is 0 Å². The van der Waals surface area contributed by atoms with Crippen molar-refractivity contribution in [3.63, 3.8) is 0 Å². The summed E-state index contributed by atoms with van der Waals surface area (Å²) in [5.74, 6) is 0.685. The minimum atomic E-state index is 0.685. The minimum absolute atomic E-state index is 0.685. The minimum Gasteiger partial charge on any atom is -0.298 e. The van der Waals surface area contributed by atoms with Crippen molar-refractivity contribution in [1.82, 2.24) is 24.3 Å². The molecule has 0 amide bonds. The molecule has 0 aliphatic carbocycles. The highest BCUT2D eigenvalue weighted by Crippen LogP contribution is 2.40. The van der Waals surface area contributed by atoms with E-state index in [-0.39, 0.29) is 0 Å². The number of nitrogens with zero attached hydrogens (tertiary/aromatic N) is 5. The van der Waals surface area contributed by atoms with Gasteiger partial charge in [-0.05, 0) is 29.3 Å². The average molecular weight is 754 g/mol. The lowest BCUT2D eigenvalue weighted by Gasteiger charge is -2.13. The van der Waals surface area contributed by atoms with Crippen LogP contribution in [0.2, 0.25) is 0 Å². The molecule has 0 saturated heterocycles. The summed E-state index contributed by atoms with van der Waals surface area (Å²) in [6.07, 6.45) is 2.15. The number of aromatic nitrogens is 5. The predicted octanol–water partition coefficient (Wildman–Crippen LogP) is 13.5. The molecule has 4 aromatic heterocycles. The van der Waals surface area contributed by atoms with Crippen LogP contribution in [-0.2, 0) is 0 Å². The zero-order valence-electron chi connectivity index (χ0n) is 31.9. The van der Waals surface area contributed by atoms with E-state index in [4.69, 9.17) is 19.9 Å². The maximum atomic E-state index is 5.43. The molecule has 0 fully saturated rings. The fraction of sp³-hybridized carbons (Fsp3) is 0. The van der Waals surface area contributed by atoms with Crippen LogP contribution >= 0.6 is 0 Å². The van der Waals surface area contributed by atoms with Crippen LogP contribution in [0.1, 0.15) is 0 Å². The second-order valence-corrected chi connectivity index (χ2v) is 14.7. The normalized spacial score (nSPS) is 11.4. The molecule has 0 radical (unpaired) electrons. The third-order valence-electron chi connectivity index (χ3n) is 11.0. The Hall–Kier alpha value is -8.02. The number of para-hydroxylation sites is 1. The third kappa shape index (κ3) is 6.22. The largest absolute Gasteiger partial charge is 0.298 e. The molecule has 59 heavy (non-hydrogen) atoms. The van der Waals surface area contributed by atoms with Crippen molar-refractivity contribution in [2.24, 2.45) is 0 Å². The molecule has 7 aromatic carbocycles. The molecule has 0 unspecified atom stereocenters. The van der Waals surface area contributed by atoms with Crippen molar-refractivity contribution < 1.29 is 0 Å². The lowest BCUT2D eigenvalue weighted by atomic mass is 9.99. The van der Waals surface area contributed by atoms with Gasteiger partial charge < -0.3 is 0 Å². The van der Waals surface area contributed by atoms with Gasteiger partial charge in [0.2, 0.25) is 0 Å². The number of hydrogen-bond donors (Lipinski definition) is 0. The van der Waals surface area contributed by atoms with E-state index in [9.17, 15) is 0 Å². The Morgan fingerprint density at radius 1 is 0.322 bits per heavy atom. The van der Waals surface area contributed by atoms with Crippen LogP contribution in [0.4, 0.5) is 0 Å². The summed E-state index contributed by atoms with van der Waals surface area (Å²) in [4.78, 5) is 20.9. The summed E-state index contributed by atoms with van der Waals surface area (Å²) >= 11 is 0. The predicted molar refractivity (Wildman–Crippen MR) is 242 cm³/mol. The summed E-state index contributed by atoms with van der Waals surface area (Å²) < 4.78 is 2.24. The molecule has 0 atom stereocenters. The monoisotopic (exact) mass is 753 g/mol. The van der Waals surface area contributed by atoms with Crippen molar-refractivity contribution in [3.8, 4) is 78.8 Å². The molecule has 5 heteroatoms. The van der Waals surface area contributed by atoms with Crippen molar-refractivity contribution >= 4 is 27.3 Å². The highest BCUT2D eigenvalue weighted by atomic mass is 15.0. The Balaban J connectivity index is 1.05. The van der Waals surface area contributed by atoms with Crippen LogP contribution in [-0.4, -0.2) is 24.3 Å². The van der Waals surface area contributed by atoms with Gasteiger partial charge in [0.25, 0.3) is 0 Å². The van der Waals surface area contributed by atoms with Crippen molar-refractivity contribution in [2.45, 2.75) is 0 Å². The van der Waals surface area contributed by atoms with Gasteiger partial charge in [0.15, 0.2) is 5.82 Å². The van der Waals surface area contributed by atoms with Gasteiger partial charge in [-0.15, -0.1) is 0 Å². The molecule has 0 aliphatic rings. The van der Waals surface area contributed by atoms with Gasteiger partial charge >= 0.3 is 0 Å². The van der Waals surface area contributed by atoms with Gasteiger partial charge in [0.1, 0.15) is 5.65 Å². The highest BCUT2D eigenvalue weighted by Gasteiger charge is 2.21. The molecule has 0 bridgehead atoms. The van der Waals surface area contributed by atoms with Crippen molar-refractivity contribution in [3.05, 3.63) is 212 Å². The van der Waals surface area contributed by atoms with E-state index in [1.807, 2.05) is 30.3 Å². The molecular formula is C54H35N5. The summed E-state index contributed by atoms with van der Waals surface area (Å²) in [7, 11) is 0. The van der Waals surface area contributed by atoms with Gasteiger partial charge in [-0.25, -0.2) is 19.9 Å². The fourth-order valence-electron chi connectivity index (χ4n) is 8.14. The number of rotatable bonds is 7. The van der Waals surface area contributed by atoms with Gasteiger partial charge in [0, 0.05) is 55.7 Å². The standard InChI is InChI=1S/C54H35N5/c1-5-15-36(16-6-1)37-25-27-38(28-26-37)47-35-48(57-53(56-47)43-21-11-4-12-22-43)39-29-31-41(32-30-39)50-45-33-34-59-52(42-19-9-3-10-20-42)51(40-17-7-2-8-18-40)58-54(59)49(45)44-23-13-14-24-46(44)55-50/h1-35H. The lowest BCUT2D eigenvalue weighted by molar-refractivity contribution is 1.18. The Morgan fingerprint density at radius 2 is 0.797 bits per heavy atom. The zero-order valence-corrected chi connectivity index (χ0v) is 31.9. The number of imidazole rings is 1. The van der Waals surface area contributed by atoms with E-state index in [1.54, 1.807) is 0 Å². The first kappa shape index (κ1) is 34.2. The second-order valence-electron chi connectivity index (χ2n) is 14.7. The molecule has 0 N–H and O–H groups in total. The van der Waals surface area contributed by atoms with Crippen LogP contribution in [0.3, 0.4) is 0 Å².